The first kappa shape index (κ1) is 17.0. The highest BCUT2D eigenvalue weighted by atomic mass is 35.5. The number of halogens is 1. The van der Waals surface area contributed by atoms with Crippen LogP contribution in [0, 0.1) is 0 Å². The molecule has 0 saturated carbocycles. The number of benzene rings is 3. The molecule has 0 aromatic heterocycles. The van der Waals surface area contributed by atoms with Crippen LogP contribution in [0.2, 0.25) is 5.02 Å². The van der Waals surface area contributed by atoms with Gasteiger partial charge in [0.05, 0.1) is 5.56 Å². The maximum atomic E-state index is 12.5. The number of hydrogen-bond acceptors (Lipinski definition) is 2. The third kappa shape index (κ3) is 4.82. The number of carbonyl (C=O) groups excluding carboxylic acids is 1. The average molecular weight is 349 g/mol. The molecule has 0 bridgehead atoms. The van der Waals surface area contributed by atoms with Gasteiger partial charge < -0.3 is 4.74 Å². The molecule has 0 atom stereocenters. The summed E-state index contributed by atoms with van der Waals surface area (Å²) in [4.78, 5) is 12.5. The summed E-state index contributed by atoms with van der Waals surface area (Å²) in [6.45, 7) is 0.420. The Morgan fingerprint density at radius 3 is 2.48 bits per heavy atom. The molecule has 0 aliphatic rings. The Morgan fingerprint density at radius 1 is 0.920 bits per heavy atom. The summed E-state index contributed by atoms with van der Waals surface area (Å²) in [5.41, 5.74) is 2.47. The normalized spacial score (nSPS) is 10.8. The molecule has 3 aromatic carbocycles. The minimum Gasteiger partial charge on any atom is -0.488 e. The van der Waals surface area contributed by atoms with Crippen molar-refractivity contribution in [3.63, 3.8) is 0 Å². The summed E-state index contributed by atoms with van der Waals surface area (Å²) in [7, 11) is 0. The summed E-state index contributed by atoms with van der Waals surface area (Å²) in [6.07, 6.45) is 3.29. The van der Waals surface area contributed by atoms with E-state index < -0.39 is 0 Å². The number of para-hydroxylation sites is 1. The van der Waals surface area contributed by atoms with Crippen LogP contribution >= 0.6 is 11.6 Å². The maximum absolute atomic E-state index is 12.5. The summed E-state index contributed by atoms with van der Waals surface area (Å²) in [5, 5.41) is 0.640. The predicted molar refractivity (Wildman–Crippen MR) is 102 cm³/mol. The molecule has 0 fully saturated rings. The minimum absolute atomic E-state index is 0.108. The summed E-state index contributed by atoms with van der Waals surface area (Å²) < 4.78 is 5.84. The molecular weight excluding hydrogens is 332 g/mol. The van der Waals surface area contributed by atoms with E-state index in [4.69, 9.17) is 16.3 Å². The SMILES string of the molecule is O=C(/C=C/c1cccc(Cl)c1)c1ccccc1OCc1ccccc1. The zero-order valence-corrected chi connectivity index (χ0v) is 14.3. The van der Waals surface area contributed by atoms with Gasteiger partial charge in [0.15, 0.2) is 5.78 Å². The fraction of sp³-hybridized carbons (Fsp3) is 0.0455. The van der Waals surface area contributed by atoms with Crippen LogP contribution in [0.1, 0.15) is 21.5 Å². The Balaban J connectivity index is 1.74. The van der Waals surface area contributed by atoms with Gasteiger partial charge in [-0.05, 0) is 41.5 Å². The van der Waals surface area contributed by atoms with E-state index in [0.717, 1.165) is 11.1 Å². The number of rotatable bonds is 6. The van der Waals surface area contributed by atoms with Gasteiger partial charge in [0, 0.05) is 5.02 Å². The quantitative estimate of drug-likeness (QED) is 0.414. The van der Waals surface area contributed by atoms with E-state index in [9.17, 15) is 4.79 Å². The molecule has 0 spiro atoms. The van der Waals surface area contributed by atoms with E-state index in [1.807, 2.05) is 66.7 Å². The number of ketones is 1. The van der Waals surface area contributed by atoms with Crippen LogP contribution < -0.4 is 4.74 Å². The van der Waals surface area contributed by atoms with Crippen molar-refractivity contribution < 1.29 is 9.53 Å². The highest BCUT2D eigenvalue weighted by Gasteiger charge is 2.09. The van der Waals surface area contributed by atoms with Crippen molar-refractivity contribution in [1.29, 1.82) is 0 Å². The van der Waals surface area contributed by atoms with Gasteiger partial charge in [0.1, 0.15) is 12.4 Å². The van der Waals surface area contributed by atoms with E-state index in [1.165, 1.54) is 6.08 Å². The van der Waals surface area contributed by atoms with Crippen LogP contribution in [-0.2, 0) is 6.61 Å². The zero-order valence-electron chi connectivity index (χ0n) is 13.6. The molecule has 2 nitrogen and oxygen atoms in total. The molecule has 0 saturated heterocycles. The Kier molecular flexibility index (Phi) is 5.65. The van der Waals surface area contributed by atoms with Crippen molar-refractivity contribution in [2.24, 2.45) is 0 Å². The van der Waals surface area contributed by atoms with Gasteiger partial charge in [0.25, 0.3) is 0 Å². The molecule has 124 valence electrons. The largest absolute Gasteiger partial charge is 0.488 e. The minimum atomic E-state index is -0.108. The van der Waals surface area contributed by atoms with Crippen LogP contribution in [0.3, 0.4) is 0 Å². The highest BCUT2D eigenvalue weighted by Crippen LogP contribution is 2.21. The lowest BCUT2D eigenvalue weighted by molar-refractivity contribution is 0.104. The second-order valence-corrected chi connectivity index (χ2v) is 5.96. The Morgan fingerprint density at radius 2 is 1.68 bits per heavy atom. The lowest BCUT2D eigenvalue weighted by Crippen LogP contribution is -2.02. The molecular formula is C22H17ClO2. The van der Waals surface area contributed by atoms with Crippen molar-refractivity contribution in [3.8, 4) is 5.75 Å². The summed E-state index contributed by atoms with van der Waals surface area (Å²) in [6, 6.07) is 24.5. The van der Waals surface area contributed by atoms with Gasteiger partial charge >= 0.3 is 0 Å². The van der Waals surface area contributed by atoms with Gasteiger partial charge in [-0.15, -0.1) is 0 Å². The molecule has 3 rings (SSSR count). The molecule has 0 N–H and O–H groups in total. The number of allylic oxidation sites excluding steroid dienone is 1. The van der Waals surface area contributed by atoms with E-state index >= 15 is 0 Å². The molecule has 3 aromatic rings. The third-order valence-corrected chi connectivity index (χ3v) is 3.90. The van der Waals surface area contributed by atoms with Gasteiger partial charge in [-0.3, -0.25) is 4.79 Å². The average Bonchev–Trinajstić information content (AvgIpc) is 2.65. The van der Waals surface area contributed by atoms with Crippen LogP contribution in [0.5, 0.6) is 5.75 Å². The Labute approximate surface area is 152 Å². The third-order valence-electron chi connectivity index (χ3n) is 3.67. The molecule has 0 aliphatic carbocycles. The van der Waals surface area contributed by atoms with E-state index in [2.05, 4.69) is 0 Å². The molecule has 0 heterocycles. The molecule has 0 amide bonds. The van der Waals surface area contributed by atoms with Gasteiger partial charge in [-0.25, -0.2) is 0 Å². The van der Waals surface area contributed by atoms with Crippen molar-refractivity contribution in [1.82, 2.24) is 0 Å². The first-order valence-corrected chi connectivity index (χ1v) is 8.34. The second-order valence-electron chi connectivity index (χ2n) is 5.52. The highest BCUT2D eigenvalue weighted by molar-refractivity contribution is 6.30. The van der Waals surface area contributed by atoms with Crippen molar-refractivity contribution in [2.75, 3.05) is 0 Å². The van der Waals surface area contributed by atoms with Crippen molar-refractivity contribution >= 4 is 23.5 Å². The molecule has 3 heteroatoms. The van der Waals surface area contributed by atoms with Crippen LogP contribution in [-0.4, -0.2) is 5.78 Å². The van der Waals surface area contributed by atoms with Crippen molar-refractivity contribution in [2.45, 2.75) is 6.61 Å². The molecule has 0 radical (unpaired) electrons. The van der Waals surface area contributed by atoms with Gasteiger partial charge in [0.2, 0.25) is 0 Å². The van der Waals surface area contributed by atoms with Gasteiger partial charge in [-0.2, -0.15) is 0 Å². The fourth-order valence-corrected chi connectivity index (χ4v) is 2.60. The first-order chi connectivity index (χ1) is 12.2. The standard InChI is InChI=1S/C22H17ClO2/c23-19-10-6-9-17(15-19)13-14-21(24)20-11-4-5-12-22(20)25-16-18-7-2-1-3-8-18/h1-15H,16H2/b14-13+. The lowest BCUT2D eigenvalue weighted by Gasteiger charge is -2.09. The predicted octanol–water partition coefficient (Wildman–Crippen LogP) is 5.82. The molecule has 0 unspecified atom stereocenters. The summed E-state index contributed by atoms with van der Waals surface area (Å²) in [5.74, 6) is 0.468. The zero-order chi connectivity index (χ0) is 17.5. The van der Waals surface area contributed by atoms with Crippen LogP contribution in [0.15, 0.2) is 84.9 Å². The topological polar surface area (TPSA) is 26.3 Å². The van der Waals surface area contributed by atoms with Crippen molar-refractivity contribution in [3.05, 3.63) is 107 Å². The number of ether oxygens (including phenoxy) is 1. The van der Waals surface area contributed by atoms with E-state index in [1.54, 1.807) is 18.2 Å². The number of hydrogen-bond donors (Lipinski definition) is 0. The number of carbonyl (C=O) groups is 1. The molecule has 25 heavy (non-hydrogen) atoms. The fourth-order valence-electron chi connectivity index (χ4n) is 2.40. The monoisotopic (exact) mass is 348 g/mol. The van der Waals surface area contributed by atoms with E-state index in [0.29, 0.717) is 22.9 Å². The second kappa shape index (κ2) is 8.32. The lowest BCUT2D eigenvalue weighted by atomic mass is 10.1. The van der Waals surface area contributed by atoms with Crippen LogP contribution in [0.25, 0.3) is 6.08 Å². The van der Waals surface area contributed by atoms with E-state index in [-0.39, 0.29) is 5.78 Å². The smallest absolute Gasteiger partial charge is 0.189 e. The maximum Gasteiger partial charge on any atom is 0.189 e. The Bertz CT molecular complexity index is 885. The van der Waals surface area contributed by atoms with Crippen LogP contribution in [0.4, 0.5) is 0 Å². The first-order valence-electron chi connectivity index (χ1n) is 7.96. The molecule has 0 aliphatic heterocycles. The van der Waals surface area contributed by atoms with Gasteiger partial charge in [-0.1, -0.05) is 72.3 Å². The summed E-state index contributed by atoms with van der Waals surface area (Å²) >= 11 is 5.96. The Hall–Kier alpha value is -2.84.